The van der Waals surface area contributed by atoms with Crippen molar-refractivity contribution >= 4 is 29.5 Å². The van der Waals surface area contributed by atoms with Crippen LogP contribution in [-0.4, -0.2) is 36.5 Å². The SMILES string of the molecule is NC(N)=Nc1ccc(C(=O)Oc2ccc(CC(=O)OCC(=O)NC3CCCCC3)cc2)cc1. The van der Waals surface area contributed by atoms with E-state index >= 15 is 0 Å². The minimum absolute atomic E-state index is 0.0111. The normalized spacial score (nSPS) is 13.6. The first kappa shape index (κ1) is 23.8. The molecular weight excluding hydrogens is 424 g/mol. The van der Waals surface area contributed by atoms with Gasteiger partial charge in [0.05, 0.1) is 17.7 Å². The number of nitrogens with zero attached hydrogens (tertiary/aromatic N) is 1. The van der Waals surface area contributed by atoms with Gasteiger partial charge in [-0.3, -0.25) is 9.59 Å². The molecule has 3 rings (SSSR count). The maximum atomic E-state index is 12.3. The molecule has 0 saturated heterocycles. The smallest absolute Gasteiger partial charge is 0.343 e. The fourth-order valence-corrected chi connectivity index (χ4v) is 3.54. The van der Waals surface area contributed by atoms with Crippen molar-refractivity contribution in [3.63, 3.8) is 0 Å². The van der Waals surface area contributed by atoms with E-state index in [9.17, 15) is 14.4 Å². The zero-order valence-corrected chi connectivity index (χ0v) is 18.3. The molecule has 0 radical (unpaired) electrons. The van der Waals surface area contributed by atoms with Gasteiger partial charge in [0.25, 0.3) is 5.91 Å². The highest BCUT2D eigenvalue weighted by atomic mass is 16.5. The Morgan fingerprint density at radius 3 is 2.24 bits per heavy atom. The number of carbonyl (C=O) groups is 3. The Hall–Kier alpha value is -3.88. The number of hydrogen-bond acceptors (Lipinski definition) is 6. The Morgan fingerprint density at radius 2 is 1.61 bits per heavy atom. The van der Waals surface area contributed by atoms with Crippen molar-refractivity contribution in [2.24, 2.45) is 16.5 Å². The van der Waals surface area contributed by atoms with E-state index in [0.29, 0.717) is 22.6 Å². The van der Waals surface area contributed by atoms with Crippen LogP contribution in [0, 0.1) is 0 Å². The highest BCUT2D eigenvalue weighted by Gasteiger charge is 2.17. The van der Waals surface area contributed by atoms with Gasteiger partial charge >= 0.3 is 11.9 Å². The fourth-order valence-electron chi connectivity index (χ4n) is 3.54. The average Bonchev–Trinajstić information content (AvgIpc) is 2.80. The number of hydrogen-bond donors (Lipinski definition) is 3. The fraction of sp³-hybridized carbons (Fsp3) is 0.333. The summed E-state index contributed by atoms with van der Waals surface area (Å²) in [5.41, 5.74) is 12.2. The highest BCUT2D eigenvalue weighted by Crippen LogP contribution is 2.18. The van der Waals surface area contributed by atoms with Crippen molar-refractivity contribution in [3.05, 3.63) is 59.7 Å². The van der Waals surface area contributed by atoms with Crippen LogP contribution in [0.4, 0.5) is 5.69 Å². The summed E-state index contributed by atoms with van der Waals surface area (Å²) in [6, 6.07) is 13.0. The van der Waals surface area contributed by atoms with Gasteiger partial charge in [-0.1, -0.05) is 31.4 Å². The molecule has 0 atom stereocenters. The number of amides is 1. The zero-order valence-electron chi connectivity index (χ0n) is 18.3. The molecule has 9 heteroatoms. The molecule has 0 spiro atoms. The van der Waals surface area contributed by atoms with Gasteiger partial charge in [0.2, 0.25) is 0 Å². The zero-order chi connectivity index (χ0) is 23.6. The molecule has 9 nitrogen and oxygen atoms in total. The Balaban J connectivity index is 1.43. The van der Waals surface area contributed by atoms with Gasteiger partial charge in [-0.05, 0) is 54.8 Å². The number of carbonyl (C=O) groups excluding carboxylic acids is 3. The Labute approximate surface area is 192 Å². The molecule has 1 saturated carbocycles. The van der Waals surface area contributed by atoms with E-state index in [-0.39, 0.29) is 30.9 Å². The van der Waals surface area contributed by atoms with Gasteiger partial charge in [-0.15, -0.1) is 0 Å². The predicted molar refractivity (Wildman–Crippen MR) is 123 cm³/mol. The second-order valence-corrected chi connectivity index (χ2v) is 7.86. The van der Waals surface area contributed by atoms with Crippen LogP contribution < -0.4 is 21.5 Å². The van der Waals surface area contributed by atoms with Crippen molar-refractivity contribution in [2.45, 2.75) is 44.6 Å². The van der Waals surface area contributed by atoms with Crippen LogP contribution in [0.5, 0.6) is 5.75 Å². The third-order valence-electron chi connectivity index (χ3n) is 5.18. The van der Waals surface area contributed by atoms with Gasteiger partial charge in [-0.25, -0.2) is 9.79 Å². The second kappa shape index (κ2) is 11.7. The van der Waals surface area contributed by atoms with E-state index in [4.69, 9.17) is 20.9 Å². The maximum Gasteiger partial charge on any atom is 0.343 e. The molecule has 0 unspecified atom stereocenters. The lowest BCUT2D eigenvalue weighted by Crippen LogP contribution is -2.38. The van der Waals surface area contributed by atoms with Gasteiger partial charge < -0.3 is 26.3 Å². The molecule has 1 fully saturated rings. The molecular formula is C24H28N4O5. The third-order valence-corrected chi connectivity index (χ3v) is 5.18. The first-order chi connectivity index (χ1) is 15.9. The van der Waals surface area contributed by atoms with Crippen LogP contribution in [-0.2, 0) is 20.7 Å². The van der Waals surface area contributed by atoms with E-state index < -0.39 is 11.9 Å². The standard InChI is InChI=1S/C24H28N4O5/c25-24(26)28-19-10-8-17(9-11-19)23(31)33-20-12-6-16(7-13-20)14-22(30)32-15-21(29)27-18-4-2-1-3-5-18/h6-13,18H,1-5,14-15H2,(H,27,29)(H4,25,26,28). The minimum Gasteiger partial charge on any atom is -0.455 e. The van der Waals surface area contributed by atoms with Crippen molar-refractivity contribution in [3.8, 4) is 5.75 Å². The summed E-state index contributed by atoms with van der Waals surface area (Å²) in [4.78, 5) is 40.2. The highest BCUT2D eigenvalue weighted by molar-refractivity contribution is 5.91. The average molecular weight is 453 g/mol. The van der Waals surface area contributed by atoms with Crippen molar-refractivity contribution < 1.29 is 23.9 Å². The molecule has 1 aliphatic rings. The summed E-state index contributed by atoms with van der Waals surface area (Å²) in [7, 11) is 0. The van der Waals surface area contributed by atoms with Crippen LogP contribution in [0.3, 0.4) is 0 Å². The monoisotopic (exact) mass is 452 g/mol. The molecule has 2 aromatic rings. The molecule has 1 amide bonds. The largest absolute Gasteiger partial charge is 0.455 e. The molecule has 2 aromatic carbocycles. The van der Waals surface area contributed by atoms with Crippen LogP contribution in [0.1, 0.15) is 48.0 Å². The molecule has 5 N–H and O–H groups in total. The predicted octanol–water partition coefficient (Wildman–Crippen LogP) is 2.35. The number of rotatable bonds is 8. The van der Waals surface area contributed by atoms with E-state index in [1.54, 1.807) is 48.5 Å². The first-order valence-corrected chi connectivity index (χ1v) is 10.8. The summed E-state index contributed by atoms with van der Waals surface area (Å²) >= 11 is 0. The van der Waals surface area contributed by atoms with Crippen molar-refractivity contribution in [1.82, 2.24) is 5.32 Å². The van der Waals surface area contributed by atoms with Crippen LogP contribution in [0.15, 0.2) is 53.5 Å². The van der Waals surface area contributed by atoms with E-state index in [1.807, 2.05) is 0 Å². The summed E-state index contributed by atoms with van der Waals surface area (Å²) in [6.45, 7) is -0.285. The third kappa shape index (κ3) is 7.95. The molecule has 174 valence electrons. The number of nitrogens with two attached hydrogens (primary N) is 2. The van der Waals surface area contributed by atoms with Gasteiger partial charge in [-0.2, -0.15) is 0 Å². The molecule has 33 heavy (non-hydrogen) atoms. The molecule has 0 aromatic heterocycles. The topological polar surface area (TPSA) is 146 Å². The summed E-state index contributed by atoms with van der Waals surface area (Å²) in [5, 5.41) is 2.91. The summed E-state index contributed by atoms with van der Waals surface area (Å²) in [6.07, 6.45) is 5.38. The van der Waals surface area contributed by atoms with Crippen LogP contribution >= 0.6 is 0 Å². The number of nitrogens with one attached hydrogen (secondary N) is 1. The Bertz CT molecular complexity index is 993. The van der Waals surface area contributed by atoms with Gasteiger partial charge in [0.1, 0.15) is 5.75 Å². The minimum atomic E-state index is -0.539. The quantitative estimate of drug-likeness (QED) is 0.241. The first-order valence-electron chi connectivity index (χ1n) is 10.8. The lowest BCUT2D eigenvalue weighted by Gasteiger charge is -2.22. The molecule has 0 aliphatic heterocycles. The molecule has 0 heterocycles. The second-order valence-electron chi connectivity index (χ2n) is 7.86. The number of ether oxygens (including phenoxy) is 2. The number of esters is 2. The van der Waals surface area contributed by atoms with Gasteiger partial charge in [0.15, 0.2) is 12.6 Å². The number of aliphatic imine (C=N–C) groups is 1. The Morgan fingerprint density at radius 1 is 0.939 bits per heavy atom. The molecule has 0 bridgehead atoms. The summed E-state index contributed by atoms with van der Waals surface area (Å²) < 4.78 is 10.4. The molecule has 1 aliphatic carbocycles. The van der Waals surface area contributed by atoms with Crippen LogP contribution in [0.25, 0.3) is 0 Å². The van der Waals surface area contributed by atoms with E-state index in [0.717, 1.165) is 25.7 Å². The van der Waals surface area contributed by atoms with E-state index in [1.165, 1.54) is 6.42 Å². The maximum absolute atomic E-state index is 12.3. The number of benzene rings is 2. The lowest BCUT2D eigenvalue weighted by atomic mass is 9.95. The van der Waals surface area contributed by atoms with Gasteiger partial charge in [0, 0.05) is 6.04 Å². The van der Waals surface area contributed by atoms with Crippen LogP contribution in [0.2, 0.25) is 0 Å². The van der Waals surface area contributed by atoms with Crippen molar-refractivity contribution in [1.29, 1.82) is 0 Å². The number of guanidine groups is 1. The lowest BCUT2D eigenvalue weighted by molar-refractivity contribution is -0.148. The summed E-state index contributed by atoms with van der Waals surface area (Å²) in [5.74, 6) is -1.06. The van der Waals surface area contributed by atoms with E-state index in [2.05, 4.69) is 10.3 Å². The Kier molecular flexibility index (Phi) is 8.40. The van der Waals surface area contributed by atoms with Crippen molar-refractivity contribution in [2.75, 3.05) is 6.61 Å².